The third-order valence-corrected chi connectivity index (χ3v) is 0.102. The van der Waals surface area contributed by atoms with Gasteiger partial charge in [-0.1, -0.05) is 0 Å². The standard InChI is InChI=1S/C2H4NO.Am.Y/c1-3-2-4;;/h1H3,(H,3,4);;/q-1;;. The van der Waals surface area contributed by atoms with E-state index in [4.69, 9.17) is 4.79 Å². The zero-order valence-electron chi connectivity index (χ0n) is 3.36. The SMILES string of the molecule is CN[C-]=O.[Am].[Y]. The van der Waals surface area contributed by atoms with Crippen molar-refractivity contribution in [2.45, 2.75) is 0 Å². The number of rotatable bonds is 1. The second-order valence-electron chi connectivity index (χ2n) is 0.352. The van der Waals surface area contributed by atoms with Gasteiger partial charge in [0.05, 0.1) is 0 Å². The minimum atomic E-state index is 0. The molecule has 0 saturated heterocycles. The fourth-order valence-electron chi connectivity index (χ4n) is 0. The van der Waals surface area contributed by atoms with Crippen LogP contribution >= 0.6 is 0 Å². The molecule has 0 aromatic carbocycles. The Hall–Kier alpha value is 0.964. The van der Waals surface area contributed by atoms with Gasteiger partial charge in [0.2, 0.25) is 0 Å². The number of nitrogens with one attached hydrogen (secondary N) is 1. The van der Waals surface area contributed by atoms with Crippen LogP contribution in [0.1, 0.15) is 0 Å². The molecule has 6 heavy (non-hydrogen) atoms. The number of hydrogen-bond donors (Lipinski definition) is 1. The van der Waals surface area contributed by atoms with Gasteiger partial charge >= 0.3 is 0 Å². The van der Waals surface area contributed by atoms with Gasteiger partial charge < -0.3 is 10.1 Å². The molecule has 0 spiro atoms. The van der Waals surface area contributed by atoms with Crippen molar-refractivity contribution in [2.75, 3.05) is 7.05 Å². The summed E-state index contributed by atoms with van der Waals surface area (Å²) in [6.07, 6.45) is 1.43. The number of hydrogen-bond acceptors (Lipinski definition) is 1. The van der Waals surface area contributed by atoms with Crippen molar-refractivity contribution in [3.8, 4) is 0 Å². The van der Waals surface area contributed by atoms with Gasteiger partial charge in [-0.05, 0) is 7.05 Å². The maximum Gasteiger partial charge on any atom is 0 e. The van der Waals surface area contributed by atoms with Crippen molar-refractivity contribution in [1.82, 2.24) is 5.32 Å². The molecule has 0 saturated carbocycles. The first kappa shape index (κ1) is 15.8. The molecular formula is C2H4AmNOY-. The number of amides is 1. The summed E-state index contributed by atoms with van der Waals surface area (Å²) < 4.78 is 0. The van der Waals surface area contributed by atoms with E-state index in [1.54, 1.807) is 0 Å². The molecule has 0 aliphatic carbocycles. The molecule has 0 unspecified atom stereocenters. The Kier molecular flexibility index (Phi) is 44.0. The zero-order valence-corrected chi connectivity index (χ0v) is 9.35. The van der Waals surface area contributed by atoms with Crippen molar-refractivity contribution in [3.05, 3.63) is 0 Å². The van der Waals surface area contributed by atoms with Gasteiger partial charge in [-0.2, -0.15) is 6.41 Å². The Bertz CT molecular complexity index is 27.5. The quantitative estimate of drug-likeness (QED) is 0.465. The molecule has 4 heteroatoms. The van der Waals surface area contributed by atoms with Crippen LogP contribution < -0.4 is 5.32 Å². The Balaban J connectivity index is -0.0000000450. The average Bonchev–Trinajstić information content (AvgIpc) is 1.37. The van der Waals surface area contributed by atoms with Gasteiger partial charge in [-0.3, -0.25) is 0 Å². The van der Waals surface area contributed by atoms with Crippen molar-refractivity contribution in [2.24, 2.45) is 0 Å². The normalized spacial score (nSPS) is 3.50. The van der Waals surface area contributed by atoms with Crippen LogP contribution in [0, 0.1) is 14.3 Å². The van der Waals surface area contributed by atoms with Crippen molar-refractivity contribution < 1.29 is 51.8 Å². The van der Waals surface area contributed by atoms with Gasteiger partial charge in [0.1, 0.15) is 0 Å². The molecule has 0 aliphatic heterocycles. The van der Waals surface area contributed by atoms with E-state index in [0.717, 1.165) is 0 Å². The van der Waals surface area contributed by atoms with Crippen molar-refractivity contribution >= 4 is 6.41 Å². The predicted molar refractivity (Wildman–Crippen MR) is 14.8 cm³/mol. The molecule has 0 aromatic rings. The molecule has 2 radical (unpaired) electrons. The van der Waals surface area contributed by atoms with E-state index in [2.05, 4.69) is 5.32 Å². The van der Waals surface area contributed by atoms with Crippen LogP contribution in [-0.4, -0.2) is 13.5 Å². The first-order valence-electron chi connectivity index (χ1n) is 0.954. The van der Waals surface area contributed by atoms with E-state index in [9.17, 15) is 0 Å². The fraction of sp³-hybridized carbons (Fsp3) is 0.500. The molecule has 1 N–H and O–H groups in total. The number of carbonyl (C=O) groups excluding carboxylic acids is 1. The van der Waals surface area contributed by atoms with E-state index in [0.29, 0.717) is 0 Å². The first-order valence-corrected chi connectivity index (χ1v) is 0.954. The van der Waals surface area contributed by atoms with Crippen LogP contribution in [-0.2, 0) is 37.5 Å². The summed E-state index contributed by atoms with van der Waals surface area (Å²) in [5.41, 5.74) is 0. The van der Waals surface area contributed by atoms with Crippen LogP contribution in [0.2, 0.25) is 0 Å². The van der Waals surface area contributed by atoms with Gasteiger partial charge in [0.25, 0.3) is 0 Å². The Morgan fingerprint density at radius 3 is 1.83 bits per heavy atom. The minimum absolute atomic E-state index is 0. The Labute approximate surface area is 70.1 Å². The van der Waals surface area contributed by atoms with Crippen LogP contribution in [0.3, 0.4) is 0 Å². The van der Waals surface area contributed by atoms with Gasteiger partial charge in [-0.15, -0.1) is 0 Å². The Morgan fingerprint density at radius 1 is 1.67 bits per heavy atom. The molecule has 0 rings (SSSR count). The minimum Gasteiger partial charge on any atom is -0.532 e. The van der Waals surface area contributed by atoms with E-state index < -0.39 is 0 Å². The maximum atomic E-state index is 8.94. The molecule has 0 fully saturated rings. The summed E-state index contributed by atoms with van der Waals surface area (Å²) in [6.45, 7) is 0. The van der Waals surface area contributed by atoms with Crippen LogP contribution in [0.4, 0.5) is 0 Å². The summed E-state index contributed by atoms with van der Waals surface area (Å²) in [7, 11) is 1.51. The second-order valence-corrected chi connectivity index (χ2v) is 0.352. The van der Waals surface area contributed by atoms with E-state index in [-0.39, 0.29) is 47.0 Å². The summed E-state index contributed by atoms with van der Waals surface area (Å²) in [4.78, 5) is 8.94. The Morgan fingerprint density at radius 2 is 1.83 bits per heavy atom. The van der Waals surface area contributed by atoms with Crippen LogP contribution in [0.5, 0.6) is 0 Å². The topological polar surface area (TPSA) is 29.1 Å². The monoisotopic (exact) mass is 388 g/mol. The average molecular weight is 390 g/mol. The zero-order chi connectivity index (χ0) is 3.41. The summed E-state index contributed by atoms with van der Waals surface area (Å²) >= 11 is 0. The predicted octanol–water partition coefficient (Wildman–Crippen LogP) is -0.730. The molecule has 0 aromatic heterocycles. The molecular weight excluding hydrogens is 386 g/mol. The van der Waals surface area contributed by atoms with Crippen molar-refractivity contribution in [1.29, 1.82) is 0 Å². The van der Waals surface area contributed by atoms with E-state index in [1.807, 2.05) is 0 Å². The first-order chi connectivity index (χ1) is 1.91. The van der Waals surface area contributed by atoms with Gasteiger partial charge in [-0.25, -0.2) is 0 Å². The molecule has 34 valence electrons. The van der Waals surface area contributed by atoms with Crippen LogP contribution in [0.25, 0.3) is 0 Å². The van der Waals surface area contributed by atoms with Gasteiger partial charge in [0, 0.05) is 47.0 Å². The second kappa shape index (κ2) is 16.7. The summed E-state index contributed by atoms with van der Waals surface area (Å²) in [5, 5.41) is 2.12. The van der Waals surface area contributed by atoms with E-state index in [1.165, 1.54) is 13.5 Å². The van der Waals surface area contributed by atoms with E-state index >= 15 is 0 Å². The summed E-state index contributed by atoms with van der Waals surface area (Å²) in [6, 6.07) is 0. The summed E-state index contributed by atoms with van der Waals surface area (Å²) in [5.74, 6) is 0. The third kappa shape index (κ3) is 20.2. The fourth-order valence-corrected chi connectivity index (χ4v) is 0. The molecule has 0 bridgehead atoms. The van der Waals surface area contributed by atoms with Crippen LogP contribution in [0.15, 0.2) is 0 Å². The molecule has 0 heterocycles. The molecule has 0 atom stereocenters. The molecule has 1 amide bonds. The smallest absolute Gasteiger partial charge is 0 e. The molecule has 2 nitrogen and oxygen atoms in total. The largest absolute Gasteiger partial charge is 0.532 e. The van der Waals surface area contributed by atoms with Gasteiger partial charge in [0.15, 0.2) is 0 Å². The third-order valence-electron chi connectivity index (χ3n) is 0.102. The maximum absolute atomic E-state index is 8.94. The molecule has 0 aliphatic rings. The van der Waals surface area contributed by atoms with Crippen molar-refractivity contribution in [3.63, 3.8) is 0 Å².